The SMILES string of the molecule is CC(=O)OC(C)(C)/C=C/C(=O)C(C)(O)C1[C@H](O)C[C@@]2(C)[C@@H]3CC=C4[C@@H](C=C(O)C(=O)C4(C)C)[C@]3(C)C(=O)C[C@]12C. The molecule has 3 N–H and O–H groups in total. The second kappa shape index (κ2) is 8.96. The van der Waals surface area contributed by atoms with E-state index < -0.39 is 62.6 Å². The topological polar surface area (TPSA) is 138 Å². The Hall–Kier alpha value is -2.58. The van der Waals surface area contributed by atoms with Gasteiger partial charge in [-0.2, -0.15) is 0 Å². The number of esters is 1. The van der Waals surface area contributed by atoms with Gasteiger partial charge in [0.1, 0.15) is 17.0 Å². The molecule has 0 spiro atoms. The van der Waals surface area contributed by atoms with Gasteiger partial charge >= 0.3 is 5.97 Å². The Balaban J connectivity index is 1.76. The summed E-state index contributed by atoms with van der Waals surface area (Å²) in [6.45, 7) is 15.3. The van der Waals surface area contributed by atoms with Crippen LogP contribution in [0.25, 0.3) is 0 Å². The molecule has 2 fully saturated rings. The number of carbonyl (C=O) groups excluding carboxylic acids is 4. The summed E-state index contributed by atoms with van der Waals surface area (Å²) in [6, 6.07) is 0. The van der Waals surface area contributed by atoms with Crippen LogP contribution in [0.2, 0.25) is 0 Å². The van der Waals surface area contributed by atoms with Crippen LogP contribution in [0.15, 0.2) is 35.6 Å². The van der Waals surface area contributed by atoms with Gasteiger partial charge in [-0.25, -0.2) is 0 Å². The third kappa shape index (κ3) is 4.00. The fourth-order valence-electron chi connectivity index (χ4n) is 8.98. The van der Waals surface area contributed by atoms with Crippen molar-refractivity contribution in [3.05, 3.63) is 35.6 Å². The molecule has 220 valence electrons. The van der Waals surface area contributed by atoms with Crippen LogP contribution in [-0.4, -0.2) is 55.9 Å². The van der Waals surface area contributed by atoms with Gasteiger partial charge in [-0.1, -0.05) is 32.4 Å². The smallest absolute Gasteiger partial charge is 0.303 e. The number of rotatable bonds is 5. The zero-order chi connectivity index (χ0) is 30.4. The van der Waals surface area contributed by atoms with Crippen LogP contribution < -0.4 is 0 Å². The highest BCUT2D eigenvalue weighted by Crippen LogP contribution is 2.73. The minimum Gasteiger partial charge on any atom is -0.505 e. The molecule has 40 heavy (non-hydrogen) atoms. The van der Waals surface area contributed by atoms with E-state index in [0.717, 1.165) is 5.57 Å². The van der Waals surface area contributed by atoms with Gasteiger partial charge in [0.15, 0.2) is 11.5 Å². The predicted octanol–water partition coefficient (Wildman–Crippen LogP) is 4.19. The standard InChI is InChI=1S/C32H44O8/c1-17(33)40-27(2,3)13-12-23(36)32(9,39)25-21(35)15-29(6)22-11-10-18-19(14-20(34)26(38)28(18,4)5)31(22,8)24(37)16-30(25,29)7/h10,12-14,19,21-22,25,34-35,39H,11,15-16H2,1-9H3/b13-12+/t19-,21-,22+,25?,29+,30-,31+,32?/m1/s1. The Labute approximate surface area is 236 Å². The van der Waals surface area contributed by atoms with E-state index in [4.69, 9.17) is 4.74 Å². The molecule has 0 aromatic heterocycles. The van der Waals surface area contributed by atoms with Gasteiger partial charge in [0.2, 0.25) is 5.78 Å². The predicted molar refractivity (Wildman–Crippen MR) is 148 cm³/mol. The lowest BCUT2D eigenvalue weighted by atomic mass is 9.39. The highest BCUT2D eigenvalue weighted by Gasteiger charge is 2.74. The van der Waals surface area contributed by atoms with Gasteiger partial charge in [-0.3, -0.25) is 19.2 Å². The van der Waals surface area contributed by atoms with Gasteiger partial charge < -0.3 is 20.1 Å². The summed E-state index contributed by atoms with van der Waals surface area (Å²) in [6.07, 6.45) is 5.89. The molecular formula is C32H44O8. The van der Waals surface area contributed by atoms with Crippen molar-refractivity contribution in [3.63, 3.8) is 0 Å². The first-order chi connectivity index (χ1) is 18.1. The fourth-order valence-corrected chi connectivity index (χ4v) is 8.98. The van der Waals surface area contributed by atoms with E-state index in [9.17, 15) is 34.5 Å². The lowest BCUT2D eigenvalue weighted by Gasteiger charge is -2.63. The molecule has 8 heteroatoms. The van der Waals surface area contributed by atoms with Gasteiger partial charge in [-0.05, 0) is 82.4 Å². The molecule has 0 amide bonds. The van der Waals surface area contributed by atoms with E-state index in [1.807, 2.05) is 26.8 Å². The van der Waals surface area contributed by atoms with Crippen molar-refractivity contribution in [2.45, 2.75) is 98.9 Å². The van der Waals surface area contributed by atoms with Gasteiger partial charge in [-0.15, -0.1) is 0 Å². The van der Waals surface area contributed by atoms with Crippen LogP contribution in [0.4, 0.5) is 0 Å². The first-order valence-corrected chi connectivity index (χ1v) is 14.1. The van der Waals surface area contributed by atoms with Crippen LogP contribution >= 0.6 is 0 Å². The number of allylic oxidation sites excluding steroid dienone is 4. The molecule has 0 aromatic carbocycles. The largest absolute Gasteiger partial charge is 0.505 e. The van der Waals surface area contributed by atoms with Crippen molar-refractivity contribution in [1.29, 1.82) is 0 Å². The summed E-state index contributed by atoms with van der Waals surface area (Å²) in [4.78, 5) is 52.0. The number of carbonyl (C=O) groups is 4. The zero-order valence-corrected chi connectivity index (χ0v) is 25.1. The normalized spacial score (nSPS) is 40.4. The maximum atomic E-state index is 14.3. The summed E-state index contributed by atoms with van der Waals surface area (Å²) >= 11 is 0. The van der Waals surface area contributed by atoms with Crippen molar-refractivity contribution < 1.29 is 39.2 Å². The average molecular weight is 557 g/mol. The highest BCUT2D eigenvalue weighted by molar-refractivity contribution is 6.02. The summed E-state index contributed by atoms with van der Waals surface area (Å²) in [7, 11) is 0. The van der Waals surface area contributed by atoms with Gasteiger partial charge in [0, 0.05) is 30.6 Å². The van der Waals surface area contributed by atoms with Crippen LogP contribution in [0, 0.1) is 39.4 Å². The summed E-state index contributed by atoms with van der Waals surface area (Å²) in [5, 5.41) is 33.8. The van der Waals surface area contributed by atoms with E-state index in [-0.39, 0.29) is 36.1 Å². The average Bonchev–Trinajstić information content (AvgIpc) is 3.01. The van der Waals surface area contributed by atoms with Gasteiger partial charge in [0.05, 0.1) is 11.5 Å². The molecule has 4 aliphatic carbocycles. The molecule has 4 aliphatic rings. The molecule has 0 bridgehead atoms. The van der Waals surface area contributed by atoms with E-state index in [1.54, 1.807) is 27.7 Å². The number of Topliss-reactive ketones (excluding diaryl/α,β-unsaturated/α-hetero) is 2. The van der Waals surface area contributed by atoms with Crippen LogP contribution in [0.5, 0.6) is 0 Å². The Morgan fingerprint density at radius 1 is 1.07 bits per heavy atom. The number of ketones is 3. The van der Waals surface area contributed by atoms with Crippen LogP contribution in [-0.2, 0) is 23.9 Å². The van der Waals surface area contributed by atoms with Crippen LogP contribution in [0.1, 0.15) is 81.6 Å². The molecule has 8 nitrogen and oxygen atoms in total. The van der Waals surface area contributed by atoms with E-state index in [0.29, 0.717) is 6.42 Å². The first-order valence-electron chi connectivity index (χ1n) is 14.1. The number of aliphatic hydroxyl groups excluding tert-OH is 2. The van der Waals surface area contributed by atoms with E-state index >= 15 is 0 Å². The summed E-state index contributed by atoms with van der Waals surface area (Å²) in [5.41, 5.74) is -5.72. The van der Waals surface area contributed by atoms with Crippen molar-refractivity contribution in [2.24, 2.45) is 39.4 Å². The molecule has 2 saturated carbocycles. The molecule has 8 atom stereocenters. The lowest BCUT2D eigenvalue weighted by molar-refractivity contribution is -0.179. The van der Waals surface area contributed by atoms with E-state index in [1.165, 1.54) is 32.1 Å². The number of fused-ring (bicyclic) bond motifs is 5. The zero-order valence-electron chi connectivity index (χ0n) is 25.1. The minimum atomic E-state index is -2.00. The Morgan fingerprint density at radius 3 is 2.25 bits per heavy atom. The molecule has 0 saturated heterocycles. The number of hydrogen-bond donors (Lipinski definition) is 3. The quantitative estimate of drug-likeness (QED) is 0.260. The Bertz CT molecular complexity index is 1270. The number of aliphatic hydroxyl groups is 3. The van der Waals surface area contributed by atoms with Crippen LogP contribution in [0.3, 0.4) is 0 Å². The molecule has 4 rings (SSSR count). The molecule has 0 radical (unpaired) electrons. The lowest BCUT2D eigenvalue weighted by Crippen LogP contribution is -2.64. The number of hydrogen-bond acceptors (Lipinski definition) is 8. The molecule has 0 heterocycles. The van der Waals surface area contributed by atoms with Gasteiger partial charge in [0.25, 0.3) is 0 Å². The maximum Gasteiger partial charge on any atom is 0.303 e. The molecule has 0 aliphatic heterocycles. The van der Waals surface area contributed by atoms with Crippen molar-refractivity contribution >= 4 is 23.3 Å². The monoisotopic (exact) mass is 556 g/mol. The van der Waals surface area contributed by atoms with E-state index in [2.05, 4.69) is 0 Å². The summed E-state index contributed by atoms with van der Waals surface area (Å²) < 4.78 is 5.22. The second-order valence-corrected chi connectivity index (χ2v) is 14.4. The number of ether oxygens (including phenoxy) is 1. The van der Waals surface area contributed by atoms with Crippen molar-refractivity contribution in [1.82, 2.24) is 0 Å². The third-order valence-corrected chi connectivity index (χ3v) is 11.2. The first kappa shape index (κ1) is 30.4. The maximum absolute atomic E-state index is 14.3. The van der Waals surface area contributed by atoms with Crippen molar-refractivity contribution in [3.8, 4) is 0 Å². The Morgan fingerprint density at radius 2 is 1.68 bits per heavy atom. The third-order valence-electron chi connectivity index (χ3n) is 11.2. The molecule has 2 unspecified atom stereocenters. The second-order valence-electron chi connectivity index (χ2n) is 14.4. The fraction of sp³-hybridized carbons (Fsp3) is 0.688. The highest BCUT2D eigenvalue weighted by atomic mass is 16.6. The van der Waals surface area contributed by atoms with Crippen molar-refractivity contribution in [2.75, 3.05) is 0 Å². The Kier molecular flexibility index (Phi) is 6.80. The minimum absolute atomic E-state index is 0.0249. The molecule has 0 aromatic rings. The molecular weight excluding hydrogens is 512 g/mol. The summed E-state index contributed by atoms with van der Waals surface area (Å²) in [5.74, 6) is -3.61.